The maximum absolute atomic E-state index is 12.7. The summed E-state index contributed by atoms with van der Waals surface area (Å²) in [5, 5.41) is -0.0422. The minimum absolute atomic E-state index is 0.0422. The van der Waals surface area contributed by atoms with Gasteiger partial charge in [0.2, 0.25) is 15.9 Å². The fraction of sp³-hybridized carbons (Fsp3) is 0.588. The van der Waals surface area contributed by atoms with Crippen molar-refractivity contribution in [1.29, 1.82) is 0 Å². The molecule has 1 aromatic carbocycles. The van der Waals surface area contributed by atoms with Crippen LogP contribution in [0.4, 0.5) is 0 Å². The molecule has 0 aromatic heterocycles. The highest BCUT2D eigenvalue weighted by molar-refractivity contribution is 7.91. The second-order valence-corrected chi connectivity index (χ2v) is 11.3. The predicted octanol–water partition coefficient (Wildman–Crippen LogP) is 2.06. The number of sulfone groups is 1. The van der Waals surface area contributed by atoms with E-state index in [0.29, 0.717) is 32.4 Å². The van der Waals surface area contributed by atoms with Gasteiger partial charge in [-0.15, -0.1) is 0 Å². The zero-order chi connectivity index (χ0) is 20.4. The van der Waals surface area contributed by atoms with Crippen LogP contribution in [0.15, 0.2) is 28.0 Å². The number of hydrogen-bond acceptors (Lipinski definition) is 5. The number of benzene rings is 1. The lowest BCUT2D eigenvalue weighted by Crippen LogP contribution is -2.46. The zero-order valence-corrected chi connectivity index (χ0v) is 18.0. The first-order valence-electron chi connectivity index (χ1n) is 8.70. The average molecular weight is 437 g/mol. The largest absolute Gasteiger partial charge is 0.343 e. The van der Waals surface area contributed by atoms with E-state index in [9.17, 15) is 21.6 Å². The number of nitrogens with one attached hydrogen (secondary N) is 1. The van der Waals surface area contributed by atoms with Crippen LogP contribution in [0.2, 0.25) is 5.02 Å². The van der Waals surface area contributed by atoms with Gasteiger partial charge in [-0.05, 0) is 37.0 Å². The van der Waals surface area contributed by atoms with Gasteiger partial charge in [0, 0.05) is 31.8 Å². The van der Waals surface area contributed by atoms with Crippen LogP contribution in [-0.2, 0) is 24.7 Å². The van der Waals surface area contributed by atoms with Crippen molar-refractivity contribution in [1.82, 2.24) is 9.62 Å². The monoisotopic (exact) mass is 436 g/mol. The Morgan fingerprint density at radius 3 is 2.33 bits per heavy atom. The summed E-state index contributed by atoms with van der Waals surface area (Å²) >= 11 is 5.99. The Kier molecular flexibility index (Phi) is 6.94. The second-order valence-electron chi connectivity index (χ2n) is 7.24. The molecule has 1 amide bonds. The Balaban J connectivity index is 2.09. The van der Waals surface area contributed by atoms with E-state index in [2.05, 4.69) is 4.72 Å². The molecule has 1 saturated heterocycles. The Morgan fingerprint density at radius 1 is 1.22 bits per heavy atom. The Hall–Kier alpha value is -1.16. The van der Waals surface area contributed by atoms with Gasteiger partial charge in [0.1, 0.15) is 4.90 Å². The van der Waals surface area contributed by atoms with E-state index in [1.165, 1.54) is 12.1 Å². The van der Waals surface area contributed by atoms with Crippen molar-refractivity contribution in [2.75, 3.05) is 19.3 Å². The summed E-state index contributed by atoms with van der Waals surface area (Å²) in [7, 11) is -7.54. The van der Waals surface area contributed by atoms with Crippen LogP contribution in [0.5, 0.6) is 0 Å². The molecule has 27 heavy (non-hydrogen) atoms. The van der Waals surface area contributed by atoms with Gasteiger partial charge >= 0.3 is 0 Å². The number of nitrogens with zero attached hydrogens (tertiary/aromatic N) is 1. The molecule has 1 heterocycles. The predicted molar refractivity (Wildman–Crippen MR) is 104 cm³/mol. The zero-order valence-electron chi connectivity index (χ0n) is 15.6. The highest BCUT2D eigenvalue weighted by Crippen LogP contribution is 2.26. The molecule has 0 aliphatic carbocycles. The molecule has 1 N–H and O–H groups in total. The fourth-order valence-electron chi connectivity index (χ4n) is 2.93. The van der Waals surface area contributed by atoms with Gasteiger partial charge in [-0.25, -0.2) is 21.6 Å². The standard InChI is InChI=1S/C17H25ClN2O5S2/c1-12(2)10-17(21)20-8-6-13(7-9-20)19-27(24,25)16-11-14(26(3,22)23)4-5-15(16)18/h4-5,11-13,19H,6-10H2,1-3H3. The smallest absolute Gasteiger partial charge is 0.242 e. The minimum atomic E-state index is -3.98. The average Bonchev–Trinajstić information content (AvgIpc) is 2.53. The van der Waals surface area contributed by atoms with Crippen molar-refractivity contribution in [3.05, 3.63) is 23.2 Å². The fourth-order valence-corrected chi connectivity index (χ4v) is 5.48. The quantitative estimate of drug-likeness (QED) is 0.735. The van der Waals surface area contributed by atoms with E-state index in [1.54, 1.807) is 4.90 Å². The molecule has 0 radical (unpaired) electrons. The molecule has 1 fully saturated rings. The molecule has 2 rings (SSSR count). The van der Waals surface area contributed by atoms with E-state index < -0.39 is 19.9 Å². The molecule has 0 bridgehead atoms. The van der Waals surface area contributed by atoms with Crippen LogP contribution in [0.3, 0.4) is 0 Å². The number of halogens is 1. The van der Waals surface area contributed by atoms with Crippen LogP contribution < -0.4 is 4.72 Å². The van der Waals surface area contributed by atoms with E-state index in [0.717, 1.165) is 12.3 Å². The Morgan fingerprint density at radius 2 is 1.81 bits per heavy atom. The summed E-state index contributed by atoms with van der Waals surface area (Å²) < 4.78 is 51.4. The first-order chi connectivity index (χ1) is 12.4. The lowest BCUT2D eigenvalue weighted by atomic mass is 10.0. The van der Waals surface area contributed by atoms with Gasteiger partial charge in [0.15, 0.2) is 9.84 Å². The molecular formula is C17H25ClN2O5S2. The summed E-state index contributed by atoms with van der Waals surface area (Å²) in [6.45, 7) is 4.92. The van der Waals surface area contributed by atoms with Crippen molar-refractivity contribution in [2.45, 2.75) is 48.9 Å². The number of likely N-dealkylation sites (tertiary alicyclic amines) is 1. The van der Waals surface area contributed by atoms with Crippen LogP contribution in [0.25, 0.3) is 0 Å². The number of carbonyl (C=O) groups excluding carboxylic acids is 1. The van der Waals surface area contributed by atoms with Crippen molar-refractivity contribution >= 4 is 37.4 Å². The third-order valence-electron chi connectivity index (χ3n) is 4.37. The summed E-state index contributed by atoms with van der Waals surface area (Å²) in [6.07, 6.45) is 2.47. The molecule has 0 atom stereocenters. The number of amides is 1. The highest BCUT2D eigenvalue weighted by atomic mass is 35.5. The van der Waals surface area contributed by atoms with Gasteiger partial charge in [-0.2, -0.15) is 0 Å². The number of piperidine rings is 1. The van der Waals surface area contributed by atoms with Crippen LogP contribution in [0, 0.1) is 5.92 Å². The van der Waals surface area contributed by atoms with Crippen molar-refractivity contribution in [2.24, 2.45) is 5.92 Å². The van der Waals surface area contributed by atoms with Gasteiger partial charge in [0.25, 0.3) is 0 Å². The van der Waals surface area contributed by atoms with E-state index in [1.807, 2.05) is 13.8 Å². The summed E-state index contributed by atoms with van der Waals surface area (Å²) in [5.41, 5.74) is 0. The van der Waals surface area contributed by atoms with E-state index >= 15 is 0 Å². The SMILES string of the molecule is CC(C)CC(=O)N1CCC(NS(=O)(=O)c2cc(S(C)(=O)=O)ccc2Cl)CC1. The molecule has 1 aromatic rings. The van der Waals surface area contributed by atoms with Crippen LogP contribution >= 0.6 is 11.6 Å². The minimum Gasteiger partial charge on any atom is -0.343 e. The van der Waals surface area contributed by atoms with Crippen LogP contribution in [0.1, 0.15) is 33.1 Å². The van der Waals surface area contributed by atoms with Gasteiger partial charge in [0.05, 0.1) is 9.92 Å². The van der Waals surface area contributed by atoms with Crippen molar-refractivity contribution in [3.8, 4) is 0 Å². The molecule has 1 aliphatic heterocycles. The molecule has 0 spiro atoms. The molecule has 0 saturated carbocycles. The lowest BCUT2D eigenvalue weighted by Gasteiger charge is -2.32. The molecule has 0 unspecified atom stereocenters. The Bertz CT molecular complexity index is 905. The number of carbonyl (C=O) groups is 1. The van der Waals surface area contributed by atoms with E-state index in [4.69, 9.17) is 11.6 Å². The maximum atomic E-state index is 12.7. The second kappa shape index (κ2) is 8.46. The third-order valence-corrected chi connectivity index (χ3v) is 7.48. The van der Waals surface area contributed by atoms with Gasteiger partial charge < -0.3 is 4.90 Å². The number of rotatable bonds is 6. The highest BCUT2D eigenvalue weighted by Gasteiger charge is 2.28. The normalized spacial score (nSPS) is 16.7. The van der Waals surface area contributed by atoms with Gasteiger partial charge in [-0.1, -0.05) is 25.4 Å². The number of sulfonamides is 1. The summed E-state index contributed by atoms with van der Waals surface area (Å²) in [5.74, 6) is 0.355. The van der Waals surface area contributed by atoms with Crippen molar-refractivity contribution < 1.29 is 21.6 Å². The van der Waals surface area contributed by atoms with E-state index in [-0.39, 0.29) is 32.7 Å². The summed E-state index contributed by atoms with van der Waals surface area (Å²) in [6, 6.07) is 3.27. The number of hydrogen-bond donors (Lipinski definition) is 1. The molecule has 10 heteroatoms. The molecule has 152 valence electrons. The lowest BCUT2D eigenvalue weighted by molar-refractivity contribution is -0.133. The maximum Gasteiger partial charge on any atom is 0.242 e. The molecular weight excluding hydrogens is 412 g/mol. The van der Waals surface area contributed by atoms with Crippen LogP contribution in [-0.4, -0.2) is 53.0 Å². The first kappa shape index (κ1) is 22.1. The summed E-state index contributed by atoms with van der Waals surface area (Å²) in [4.78, 5) is 13.5. The first-order valence-corrected chi connectivity index (χ1v) is 12.4. The van der Waals surface area contributed by atoms with Gasteiger partial charge in [-0.3, -0.25) is 4.79 Å². The van der Waals surface area contributed by atoms with Crippen molar-refractivity contribution in [3.63, 3.8) is 0 Å². The molecule has 7 nitrogen and oxygen atoms in total. The molecule has 1 aliphatic rings. The third kappa shape index (κ3) is 5.91. The topological polar surface area (TPSA) is 101 Å². The Labute approximate surface area is 166 Å².